The summed E-state index contributed by atoms with van der Waals surface area (Å²) in [5.41, 5.74) is 5.89. The lowest BCUT2D eigenvalue weighted by atomic mass is 9.63. The smallest absolute Gasteiger partial charge is 0.303 e. The van der Waals surface area contributed by atoms with Crippen LogP contribution in [0.3, 0.4) is 0 Å². The highest BCUT2D eigenvalue weighted by molar-refractivity contribution is 5.66. The van der Waals surface area contributed by atoms with Gasteiger partial charge in [0.15, 0.2) is 0 Å². The third-order valence-electron chi connectivity index (χ3n) is 4.19. The van der Waals surface area contributed by atoms with Crippen LogP contribution >= 0.6 is 0 Å². The molecule has 0 aromatic heterocycles. The Labute approximate surface area is 109 Å². The van der Waals surface area contributed by atoms with E-state index in [0.717, 1.165) is 19.3 Å². The SMILES string of the molecule is CCC1([C@@H](O)C/C=C/[C@H](N)CCC(=O)O)CCC1. The molecule has 1 rings (SSSR count). The van der Waals surface area contributed by atoms with Gasteiger partial charge in [-0.05, 0) is 37.5 Å². The van der Waals surface area contributed by atoms with E-state index in [1.807, 2.05) is 12.2 Å². The van der Waals surface area contributed by atoms with E-state index in [4.69, 9.17) is 10.8 Å². The van der Waals surface area contributed by atoms with Crippen LogP contribution in [0.5, 0.6) is 0 Å². The molecule has 4 nitrogen and oxygen atoms in total. The Balaban J connectivity index is 2.28. The summed E-state index contributed by atoms with van der Waals surface area (Å²) in [5, 5.41) is 18.7. The lowest BCUT2D eigenvalue weighted by molar-refractivity contribution is -0.137. The monoisotopic (exact) mass is 255 g/mol. The molecule has 104 valence electrons. The minimum absolute atomic E-state index is 0.0902. The third-order valence-corrected chi connectivity index (χ3v) is 4.19. The molecule has 18 heavy (non-hydrogen) atoms. The van der Waals surface area contributed by atoms with Crippen LogP contribution in [0.25, 0.3) is 0 Å². The number of hydrogen-bond donors (Lipinski definition) is 3. The van der Waals surface area contributed by atoms with Crippen molar-refractivity contribution in [2.75, 3.05) is 0 Å². The Morgan fingerprint density at radius 1 is 1.50 bits per heavy atom. The van der Waals surface area contributed by atoms with E-state index in [0.29, 0.717) is 12.8 Å². The van der Waals surface area contributed by atoms with Crippen molar-refractivity contribution in [3.63, 3.8) is 0 Å². The highest BCUT2D eigenvalue weighted by Crippen LogP contribution is 2.47. The molecule has 0 unspecified atom stereocenters. The first-order valence-electron chi connectivity index (χ1n) is 6.82. The minimum Gasteiger partial charge on any atom is -0.481 e. The van der Waals surface area contributed by atoms with Gasteiger partial charge in [0.25, 0.3) is 0 Å². The summed E-state index contributed by atoms with van der Waals surface area (Å²) >= 11 is 0. The second-order valence-corrected chi connectivity index (χ2v) is 5.35. The fourth-order valence-corrected chi connectivity index (χ4v) is 2.57. The van der Waals surface area contributed by atoms with Gasteiger partial charge in [0.05, 0.1) is 6.10 Å². The number of rotatable bonds is 8. The fourth-order valence-electron chi connectivity index (χ4n) is 2.57. The molecule has 0 amide bonds. The second-order valence-electron chi connectivity index (χ2n) is 5.35. The summed E-state index contributed by atoms with van der Waals surface area (Å²) in [6, 6.07) is -0.229. The van der Waals surface area contributed by atoms with Crippen molar-refractivity contribution in [3.8, 4) is 0 Å². The van der Waals surface area contributed by atoms with Crippen molar-refractivity contribution < 1.29 is 15.0 Å². The van der Waals surface area contributed by atoms with Gasteiger partial charge in [0.2, 0.25) is 0 Å². The van der Waals surface area contributed by atoms with Gasteiger partial charge in [-0.15, -0.1) is 0 Å². The maximum Gasteiger partial charge on any atom is 0.303 e. The zero-order valence-corrected chi connectivity index (χ0v) is 11.1. The Hall–Kier alpha value is -0.870. The molecular weight excluding hydrogens is 230 g/mol. The molecule has 0 heterocycles. The highest BCUT2D eigenvalue weighted by Gasteiger charge is 2.40. The van der Waals surface area contributed by atoms with Gasteiger partial charge in [-0.25, -0.2) is 0 Å². The van der Waals surface area contributed by atoms with Crippen molar-refractivity contribution in [1.29, 1.82) is 0 Å². The first kappa shape index (κ1) is 15.2. The number of aliphatic hydroxyl groups excluding tert-OH is 1. The molecule has 0 bridgehead atoms. The van der Waals surface area contributed by atoms with Crippen molar-refractivity contribution in [1.82, 2.24) is 0 Å². The van der Waals surface area contributed by atoms with Crippen molar-refractivity contribution in [2.24, 2.45) is 11.1 Å². The van der Waals surface area contributed by atoms with E-state index >= 15 is 0 Å². The van der Waals surface area contributed by atoms with E-state index in [2.05, 4.69) is 6.92 Å². The lowest BCUT2D eigenvalue weighted by Crippen LogP contribution is -2.40. The predicted octanol–water partition coefficient (Wildman–Crippen LogP) is 2.07. The molecule has 1 aliphatic rings. The van der Waals surface area contributed by atoms with Crippen molar-refractivity contribution in [3.05, 3.63) is 12.2 Å². The Bertz CT molecular complexity index is 292. The maximum absolute atomic E-state index is 10.4. The van der Waals surface area contributed by atoms with Gasteiger partial charge in [-0.2, -0.15) is 0 Å². The first-order chi connectivity index (χ1) is 8.50. The number of carbonyl (C=O) groups is 1. The van der Waals surface area contributed by atoms with Crippen LogP contribution in [0.2, 0.25) is 0 Å². The summed E-state index contributed by atoms with van der Waals surface area (Å²) in [6.07, 6.45) is 9.04. The zero-order chi connectivity index (χ0) is 13.6. The normalized spacial score (nSPS) is 21.5. The van der Waals surface area contributed by atoms with Crippen LogP contribution in [0.4, 0.5) is 0 Å². The Morgan fingerprint density at radius 2 is 2.17 bits per heavy atom. The Morgan fingerprint density at radius 3 is 2.61 bits per heavy atom. The summed E-state index contributed by atoms with van der Waals surface area (Å²) in [5.74, 6) is -0.821. The average Bonchev–Trinajstić information content (AvgIpc) is 2.25. The van der Waals surface area contributed by atoms with E-state index in [-0.39, 0.29) is 24.0 Å². The molecule has 4 N–H and O–H groups in total. The summed E-state index contributed by atoms with van der Waals surface area (Å²) < 4.78 is 0. The summed E-state index contributed by atoms with van der Waals surface area (Å²) in [6.45, 7) is 2.13. The van der Waals surface area contributed by atoms with Gasteiger partial charge in [-0.1, -0.05) is 25.5 Å². The highest BCUT2D eigenvalue weighted by atomic mass is 16.4. The minimum atomic E-state index is -0.821. The lowest BCUT2D eigenvalue weighted by Gasteiger charge is -2.45. The standard InChI is InChI=1S/C14H25NO3/c1-2-14(9-4-10-14)12(16)6-3-5-11(15)7-8-13(17)18/h3,5,11-12,16H,2,4,6-10,15H2,1H3,(H,17,18)/b5-3+/t11-,12-/m0/s1. The van der Waals surface area contributed by atoms with E-state index in [1.54, 1.807) is 0 Å². The molecule has 1 aliphatic carbocycles. The molecule has 0 spiro atoms. The van der Waals surface area contributed by atoms with Crippen molar-refractivity contribution in [2.45, 2.75) is 64.0 Å². The average molecular weight is 255 g/mol. The molecule has 0 aliphatic heterocycles. The summed E-state index contributed by atoms with van der Waals surface area (Å²) in [7, 11) is 0. The number of aliphatic carboxylic acids is 1. The van der Waals surface area contributed by atoms with Gasteiger partial charge < -0.3 is 15.9 Å². The topological polar surface area (TPSA) is 83.5 Å². The van der Waals surface area contributed by atoms with Gasteiger partial charge in [0.1, 0.15) is 0 Å². The second kappa shape index (κ2) is 6.90. The van der Waals surface area contributed by atoms with Gasteiger partial charge in [-0.3, -0.25) is 4.79 Å². The Kier molecular flexibility index (Phi) is 5.82. The molecule has 2 atom stereocenters. The molecule has 0 aromatic carbocycles. The molecule has 0 radical (unpaired) electrons. The number of carboxylic acid groups (broad SMARTS) is 1. The third kappa shape index (κ3) is 4.10. The van der Waals surface area contributed by atoms with Crippen LogP contribution in [-0.4, -0.2) is 28.3 Å². The number of aliphatic hydroxyl groups is 1. The van der Waals surface area contributed by atoms with Crippen LogP contribution < -0.4 is 5.73 Å². The number of hydrogen-bond acceptors (Lipinski definition) is 3. The zero-order valence-electron chi connectivity index (χ0n) is 11.1. The van der Waals surface area contributed by atoms with E-state index in [9.17, 15) is 9.90 Å². The van der Waals surface area contributed by atoms with Crippen molar-refractivity contribution >= 4 is 5.97 Å². The number of carboxylic acids is 1. The van der Waals surface area contributed by atoms with Gasteiger partial charge >= 0.3 is 5.97 Å². The quantitative estimate of drug-likeness (QED) is 0.580. The molecule has 0 saturated heterocycles. The molecule has 0 aromatic rings. The first-order valence-corrected chi connectivity index (χ1v) is 6.82. The van der Waals surface area contributed by atoms with Crippen LogP contribution in [0, 0.1) is 5.41 Å². The predicted molar refractivity (Wildman–Crippen MR) is 71.2 cm³/mol. The molecule has 4 heteroatoms. The maximum atomic E-state index is 10.4. The van der Waals surface area contributed by atoms with Gasteiger partial charge in [0, 0.05) is 12.5 Å². The largest absolute Gasteiger partial charge is 0.481 e. The van der Waals surface area contributed by atoms with Crippen LogP contribution in [0.1, 0.15) is 51.9 Å². The van der Waals surface area contributed by atoms with E-state index < -0.39 is 5.97 Å². The molecule has 1 saturated carbocycles. The summed E-state index contributed by atoms with van der Waals surface area (Å²) in [4.78, 5) is 10.4. The number of nitrogens with two attached hydrogens (primary N) is 1. The molecule has 1 fully saturated rings. The van der Waals surface area contributed by atoms with E-state index in [1.165, 1.54) is 6.42 Å². The fraction of sp³-hybridized carbons (Fsp3) is 0.786. The molecular formula is C14H25NO3. The van der Waals surface area contributed by atoms with Crippen LogP contribution in [0.15, 0.2) is 12.2 Å². The van der Waals surface area contributed by atoms with Crippen LogP contribution in [-0.2, 0) is 4.79 Å².